The number of benzene rings is 1. The highest BCUT2D eigenvalue weighted by Crippen LogP contribution is 2.21. The molecule has 0 aliphatic rings. The minimum atomic E-state index is -3.84. The van der Waals surface area contributed by atoms with Crippen molar-refractivity contribution in [3.63, 3.8) is 0 Å². The van der Waals surface area contributed by atoms with Crippen molar-refractivity contribution in [1.82, 2.24) is 4.72 Å². The molecule has 1 aromatic rings. The van der Waals surface area contributed by atoms with Gasteiger partial charge in [-0.2, -0.15) is 0 Å². The molecule has 8 heteroatoms. The van der Waals surface area contributed by atoms with Crippen LogP contribution in [0.25, 0.3) is 0 Å². The monoisotopic (exact) mass is 289 g/mol. The molecule has 0 aliphatic carbocycles. The number of aromatic hydroxyl groups is 1. The van der Waals surface area contributed by atoms with Gasteiger partial charge in [-0.1, -0.05) is 0 Å². The van der Waals surface area contributed by atoms with Crippen LogP contribution in [0.4, 0.5) is 0 Å². The number of methoxy groups -OCH3 is 1. The smallest absolute Gasteiger partial charge is 0.339 e. The van der Waals surface area contributed by atoms with E-state index in [4.69, 9.17) is 9.84 Å². The van der Waals surface area contributed by atoms with E-state index in [0.717, 1.165) is 18.2 Å². The molecule has 0 bridgehead atoms. The van der Waals surface area contributed by atoms with Gasteiger partial charge in [-0.15, -0.1) is 0 Å². The van der Waals surface area contributed by atoms with Crippen molar-refractivity contribution in [2.75, 3.05) is 13.7 Å². The average molecular weight is 289 g/mol. The largest absolute Gasteiger partial charge is 0.507 e. The summed E-state index contributed by atoms with van der Waals surface area (Å²) in [4.78, 5) is 10.6. The van der Waals surface area contributed by atoms with Gasteiger partial charge < -0.3 is 14.9 Å². The van der Waals surface area contributed by atoms with Crippen LogP contribution in [0.5, 0.6) is 5.75 Å². The van der Waals surface area contributed by atoms with Gasteiger partial charge in [0.25, 0.3) is 0 Å². The lowest BCUT2D eigenvalue weighted by atomic mass is 10.2. The maximum absolute atomic E-state index is 11.9. The van der Waals surface area contributed by atoms with Gasteiger partial charge in [0, 0.05) is 13.7 Å². The maximum atomic E-state index is 11.9. The van der Waals surface area contributed by atoms with Gasteiger partial charge in [0.05, 0.1) is 11.0 Å². The van der Waals surface area contributed by atoms with Crippen molar-refractivity contribution in [1.29, 1.82) is 0 Å². The van der Waals surface area contributed by atoms with Crippen LogP contribution < -0.4 is 4.72 Å². The third kappa shape index (κ3) is 3.91. The lowest BCUT2D eigenvalue weighted by Crippen LogP contribution is -2.31. The fraction of sp³-hybridized carbons (Fsp3) is 0.364. The van der Waals surface area contributed by atoms with E-state index in [1.165, 1.54) is 7.11 Å². The zero-order chi connectivity index (χ0) is 14.6. The first-order chi connectivity index (χ1) is 8.77. The van der Waals surface area contributed by atoms with Gasteiger partial charge in [0.15, 0.2) is 0 Å². The lowest BCUT2D eigenvalue weighted by molar-refractivity contribution is 0.0693. The van der Waals surface area contributed by atoms with E-state index < -0.39 is 27.3 Å². The van der Waals surface area contributed by atoms with Crippen molar-refractivity contribution in [3.8, 4) is 5.75 Å². The van der Waals surface area contributed by atoms with Gasteiger partial charge >= 0.3 is 5.97 Å². The third-order valence-corrected chi connectivity index (χ3v) is 3.89. The Morgan fingerprint density at radius 1 is 1.47 bits per heavy atom. The molecule has 1 atom stereocenters. The molecule has 0 radical (unpaired) electrons. The average Bonchev–Trinajstić information content (AvgIpc) is 2.35. The number of hydrogen-bond acceptors (Lipinski definition) is 5. The van der Waals surface area contributed by atoms with E-state index in [2.05, 4.69) is 4.72 Å². The van der Waals surface area contributed by atoms with E-state index in [9.17, 15) is 18.3 Å². The molecule has 1 aromatic carbocycles. The Balaban J connectivity index is 3.02. The van der Waals surface area contributed by atoms with E-state index >= 15 is 0 Å². The summed E-state index contributed by atoms with van der Waals surface area (Å²) in [6.45, 7) is 1.74. The summed E-state index contributed by atoms with van der Waals surface area (Å²) in [5.41, 5.74) is -0.470. The molecule has 0 fully saturated rings. The van der Waals surface area contributed by atoms with Gasteiger partial charge in [-0.25, -0.2) is 17.9 Å². The molecular formula is C11H15NO6S. The predicted molar refractivity (Wildman–Crippen MR) is 66.7 cm³/mol. The first-order valence-corrected chi connectivity index (χ1v) is 6.85. The quantitative estimate of drug-likeness (QED) is 0.699. The number of aromatic carboxylic acids is 1. The van der Waals surface area contributed by atoms with Crippen molar-refractivity contribution in [2.24, 2.45) is 0 Å². The molecule has 0 heterocycles. The fourth-order valence-electron chi connectivity index (χ4n) is 1.25. The van der Waals surface area contributed by atoms with Crippen LogP contribution in [-0.4, -0.2) is 44.4 Å². The summed E-state index contributed by atoms with van der Waals surface area (Å²) < 4.78 is 31.0. The second-order valence-electron chi connectivity index (χ2n) is 3.88. The van der Waals surface area contributed by atoms with Crippen LogP contribution >= 0.6 is 0 Å². The van der Waals surface area contributed by atoms with Gasteiger partial charge in [-0.05, 0) is 25.1 Å². The summed E-state index contributed by atoms with van der Waals surface area (Å²) in [5, 5.41) is 18.1. The van der Waals surface area contributed by atoms with Crippen molar-refractivity contribution in [3.05, 3.63) is 23.8 Å². The number of rotatable bonds is 6. The van der Waals surface area contributed by atoms with Crippen LogP contribution in [-0.2, 0) is 14.8 Å². The number of sulfonamides is 1. The van der Waals surface area contributed by atoms with Crippen molar-refractivity contribution in [2.45, 2.75) is 17.9 Å². The van der Waals surface area contributed by atoms with Gasteiger partial charge in [0.1, 0.15) is 11.3 Å². The predicted octanol–water partition coefficient (Wildman–Crippen LogP) is 0.404. The number of phenols is 1. The highest BCUT2D eigenvalue weighted by molar-refractivity contribution is 7.89. The van der Waals surface area contributed by atoms with Crippen LogP contribution in [0.2, 0.25) is 0 Å². The minimum absolute atomic E-state index is 0.0577. The van der Waals surface area contributed by atoms with Gasteiger partial charge in [0.2, 0.25) is 10.0 Å². The Morgan fingerprint density at radius 2 is 2.11 bits per heavy atom. The fourth-order valence-corrected chi connectivity index (χ4v) is 2.39. The molecule has 19 heavy (non-hydrogen) atoms. The molecule has 0 aromatic heterocycles. The van der Waals surface area contributed by atoms with Crippen molar-refractivity contribution < 1.29 is 28.2 Å². The first-order valence-electron chi connectivity index (χ1n) is 5.36. The molecule has 3 N–H and O–H groups in total. The van der Waals surface area contributed by atoms with Gasteiger partial charge in [-0.3, -0.25) is 0 Å². The Bertz CT molecular complexity index is 569. The zero-order valence-corrected chi connectivity index (χ0v) is 11.3. The Labute approximate surface area is 110 Å². The normalized spacial score (nSPS) is 13.2. The molecular weight excluding hydrogens is 274 g/mol. The van der Waals surface area contributed by atoms with E-state index in [0.29, 0.717) is 0 Å². The van der Waals surface area contributed by atoms with Crippen LogP contribution in [0.1, 0.15) is 17.3 Å². The third-order valence-electron chi connectivity index (χ3n) is 2.47. The molecule has 7 nitrogen and oxygen atoms in total. The highest BCUT2D eigenvalue weighted by Gasteiger charge is 2.19. The Hall–Kier alpha value is -1.64. The summed E-state index contributed by atoms with van der Waals surface area (Å²) in [6, 6.07) is 3.05. The molecule has 1 unspecified atom stereocenters. The number of nitrogens with one attached hydrogen (secondary N) is 1. The molecule has 0 saturated carbocycles. The second-order valence-corrected chi connectivity index (χ2v) is 5.65. The maximum Gasteiger partial charge on any atom is 0.339 e. The molecule has 106 valence electrons. The number of carboxylic acids is 1. The summed E-state index contributed by atoms with van der Waals surface area (Å²) in [6.07, 6.45) is -0.314. The molecule has 0 amide bonds. The summed E-state index contributed by atoms with van der Waals surface area (Å²) in [7, 11) is -2.40. The molecule has 0 saturated heterocycles. The van der Waals surface area contributed by atoms with Crippen LogP contribution in [0, 0.1) is 0 Å². The minimum Gasteiger partial charge on any atom is -0.507 e. The van der Waals surface area contributed by atoms with Crippen molar-refractivity contribution >= 4 is 16.0 Å². The highest BCUT2D eigenvalue weighted by atomic mass is 32.2. The van der Waals surface area contributed by atoms with E-state index in [1.54, 1.807) is 6.92 Å². The SMILES string of the molecule is COC(C)CNS(=O)(=O)c1ccc(O)c(C(=O)O)c1. The van der Waals surface area contributed by atoms with Crippen LogP contribution in [0.15, 0.2) is 23.1 Å². The van der Waals surface area contributed by atoms with Crippen LogP contribution in [0.3, 0.4) is 0 Å². The molecule has 0 spiro atoms. The number of ether oxygens (including phenoxy) is 1. The summed E-state index contributed by atoms with van der Waals surface area (Å²) >= 11 is 0. The second kappa shape index (κ2) is 6.00. The first kappa shape index (κ1) is 15.4. The number of hydrogen-bond donors (Lipinski definition) is 3. The molecule has 0 aliphatic heterocycles. The summed E-state index contributed by atoms with van der Waals surface area (Å²) in [5.74, 6) is -1.89. The standard InChI is InChI=1S/C11H15NO6S/c1-7(18-2)6-12-19(16,17)8-3-4-10(13)9(5-8)11(14)15/h3-5,7,12-13H,6H2,1-2H3,(H,14,15). The van der Waals surface area contributed by atoms with E-state index in [-0.39, 0.29) is 17.5 Å². The lowest BCUT2D eigenvalue weighted by Gasteiger charge is -2.12. The number of carboxylic acid groups (broad SMARTS) is 1. The topological polar surface area (TPSA) is 113 Å². The molecule has 1 rings (SSSR count). The Morgan fingerprint density at radius 3 is 2.63 bits per heavy atom. The van der Waals surface area contributed by atoms with E-state index in [1.807, 2.05) is 0 Å². The number of carbonyl (C=O) groups is 1. The Kier molecular flexibility index (Phi) is 4.87. The zero-order valence-electron chi connectivity index (χ0n) is 10.5.